The lowest BCUT2D eigenvalue weighted by atomic mass is 9.97. The Balaban J connectivity index is 1.65. The van der Waals surface area contributed by atoms with Gasteiger partial charge in [0.1, 0.15) is 0 Å². The van der Waals surface area contributed by atoms with Crippen LogP contribution >= 0.6 is 0 Å². The number of hydrogen-bond donors (Lipinski definition) is 1. The Labute approximate surface area is 104 Å². The molecule has 2 rings (SSSR count). The van der Waals surface area contributed by atoms with E-state index < -0.39 is 0 Å². The van der Waals surface area contributed by atoms with E-state index in [2.05, 4.69) is 4.90 Å². The summed E-state index contributed by atoms with van der Waals surface area (Å²) in [6, 6.07) is 0. The average Bonchev–Trinajstić information content (AvgIpc) is 2.80. The number of methoxy groups -OCH3 is 1. The van der Waals surface area contributed by atoms with Gasteiger partial charge in [-0.25, -0.2) is 0 Å². The minimum absolute atomic E-state index is 0.311. The molecule has 2 atom stereocenters. The Morgan fingerprint density at radius 1 is 1.18 bits per heavy atom. The SMILES string of the molecule is COCC1CCN(CC2CCC(CN)O2)CC1. The average molecular weight is 242 g/mol. The molecule has 100 valence electrons. The smallest absolute Gasteiger partial charge is 0.0707 e. The van der Waals surface area contributed by atoms with Gasteiger partial charge in [-0.2, -0.15) is 0 Å². The molecule has 2 heterocycles. The fourth-order valence-corrected chi connectivity index (χ4v) is 2.95. The second kappa shape index (κ2) is 6.69. The molecule has 0 aromatic rings. The number of rotatable bonds is 5. The quantitative estimate of drug-likeness (QED) is 0.776. The van der Waals surface area contributed by atoms with E-state index in [9.17, 15) is 0 Å². The molecule has 0 aliphatic carbocycles. The number of ether oxygens (including phenoxy) is 2. The molecule has 2 aliphatic rings. The predicted molar refractivity (Wildman–Crippen MR) is 68.0 cm³/mol. The lowest BCUT2D eigenvalue weighted by molar-refractivity contribution is 0.0155. The summed E-state index contributed by atoms with van der Waals surface area (Å²) in [4.78, 5) is 2.54. The normalized spacial score (nSPS) is 32.1. The van der Waals surface area contributed by atoms with Crippen molar-refractivity contribution in [2.45, 2.75) is 37.9 Å². The Bertz CT molecular complexity index is 217. The molecule has 2 N–H and O–H groups in total. The van der Waals surface area contributed by atoms with E-state index in [0.29, 0.717) is 18.8 Å². The van der Waals surface area contributed by atoms with Gasteiger partial charge in [-0.05, 0) is 44.7 Å². The number of nitrogens with zero attached hydrogens (tertiary/aromatic N) is 1. The van der Waals surface area contributed by atoms with Crippen LogP contribution in [0.1, 0.15) is 25.7 Å². The van der Waals surface area contributed by atoms with Crippen LogP contribution < -0.4 is 5.73 Å². The summed E-state index contributed by atoms with van der Waals surface area (Å²) in [6.45, 7) is 5.08. The van der Waals surface area contributed by atoms with Crippen molar-refractivity contribution in [3.63, 3.8) is 0 Å². The molecular formula is C13H26N2O2. The maximum Gasteiger partial charge on any atom is 0.0707 e. The molecule has 4 heteroatoms. The van der Waals surface area contributed by atoms with E-state index in [1.165, 1.54) is 32.4 Å². The van der Waals surface area contributed by atoms with Gasteiger partial charge in [0.05, 0.1) is 12.2 Å². The lowest BCUT2D eigenvalue weighted by Crippen LogP contribution is -2.40. The van der Waals surface area contributed by atoms with Crippen LogP contribution in [0.3, 0.4) is 0 Å². The van der Waals surface area contributed by atoms with Gasteiger partial charge >= 0.3 is 0 Å². The van der Waals surface area contributed by atoms with Crippen LogP contribution in [0.4, 0.5) is 0 Å². The standard InChI is InChI=1S/C13H26N2O2/c1-16-10-11-4-6-15(7-5-11)9-13-3-2-12(8-14)17-13/h11-13H,2-10,14H2,1H3. The molecule has 2 fully saturated rings. The summed E-state index contributed by atoms with van der Waals surface area (Å²) >= 11 is 0. The third-order valence-electron chi connectivity index (χ3n) is 4.03. The first kappa shape index (κ1) is 13.3. The monoisotopic (exact) mass is 242 g/mol. The van der Waals surface area contributed by atoms with Crippen molar-refractivity contribution >= 4 is 0 Å². The van der Waals surface area contributed by atoms with E-state index in [0.717, 1.165) is 25.5 Å². The summed E-state index contributed by atoms with van der Waals surface area (Å²) in [5.74, 6) is 0.762. The van der Waals surface area contributed by atoms with Crippen molar-refractivity contribution in [1.29, 1.82) is 0 Å². The van der Waals surface area contributed by atoms with Crippen molar-refractivity contribution in [3.05, 3.63) is 0 Å². The van der Waals surface area contributed by atoms with Crippen LogP contribution in [-0.4, -0.2) is 57.0 Å². The van der Waals surface area contributed by atoms with E-state index in [1.54, 1.807) is 7.11 Å². The number of hydrogen-bond acceptors (Lipinski definition) is 4. The van der Waals surface area contributed by atoms with E-state index in [-0.39, 0.29) is 0 Å². The molecule has 2 aliphatic heterocycles. The third kappa shape index (κ3) is 3.91. The molecule has 0 spiro atoms. The van der Waals surface area contributed by atoms with Crippen LogP contribution in [0.2, 0.25) is 0 Å². The molecule has 4 nitrogen and oxygen atoms in total. The van der Waals surface area contributed by atoms with Gasteiger partial charge in [0.25, 0.3) is 0 Å². The van der Waals surface area contributed by atoms with Crippen LogP contribution in [0.5, 0.6) is 0 Å². The minimum Gasteiger partial charge on any atom is -0.384 e. The van der Waals surface area contributed by atoms with Gasteiger partial charge in [-0.3, -0.25) is 0 Å². The first-order valence-electron chi connectivity index (χ1n) is 6.88. The van der Waals surface area contributed by atoms with Crippen molar-refractivity contribution in [2.75, 3.05) is 39.9 Å². The van der Waals surface area contributed by atoms with E-state index >= 15 is 0 Å². The van der Waals surface area contributed by atoms with Gasteiger partial charge in [0, 0.05) is 26.8 Å². The van der Waals surface area contributed by atoms with Crippen LogP contribution in [-0.2, 0) is 9.47 Å². The Kier molecular flexibility index (Phi) is 5.22. The number of piperidine rings is 1. The highest BCUT2D eigenvalue weighted by molar-refractivity contribution is 4.79. The number of nitrogens with two attached hydrogens (primary N) is 1. The molecule has 2 unspecified atom stereocenters. The van der Waals surface area contributed by atoms with Gasteiger partial charge in [-0.15, -0.1) is 0 Å². The fraction of sp³-hybridized carbons (Fsp3) is 1.00. The van der Waals surface area contributed by atoms with Crippen molar-refractivity contribution in [2.24, 2.45) is 11.7 Å². The summed E-state index contributed by atoms with van der Waals surface area (Å²) < 4.78 is 11.1. The van der Waals surface area contributed by atoms with E-state index in [1.807, 2.05) is 0 Å². The lowest BCUT2D eigenvalue weighted by Gasteiger charge is -2.33. The van der Waals surface area contributed by atoms with Crippen LogP contribution in [0, 0.1) is 5.92 Å². The zero-order valence-electron chi connectivity index (χ0n) is 10.9. The first-order chi connectivity index (χ1) is 8.31. The Morgan fingerprint density at radius 2 is 1.88 bits per heavy atom. The maximum atomic E-state index is 5.90. The maximum absolute atomic E-state index is 5.90. The first-order valence-corrected chi connectivity index (χ1v) is 6.88. The predicted octanol–water partition coefficient (Wildman–Crippen LogP) is 0.851. The molecular weight excluding hydrogens is 216 g/mol. The topological polar surface area (TPSA) is 47.7 Å². The Hall–Kier alpha value is -0.160. The molecule has 0 aromatic heterocycles. The second-order valence-corrected chi connectivity index (χ2v) is 5.39. The Morgan fingerprint density at radius 3 is 2.47 bits per heavy atom. The summed E-state index contributed by atoms with van der Waals surface area (Å²) in [6.07, 6.45) is 5.58. The zero-order valence-corrected chi connectivity index (χ0v) is 10.9. The van der Waals surface area contributed by atoms with Crippen molar-refractivity contribution < 1.29 is 9.47 Å². The zero-order chi connectivity index (χ0) is 12.1. The number of likely N-dealkylation sites (tertiary alicyclic amines) is 1. The largest absolute Gasteiger partial charge is 0.384 e. The molecule has 0 bridgehead atoms. The fourth-order valence-electron chi connectivity index (χ4n) is 2.95. The minimum atomic E-state index is 0.311. The molecule has 2 saturated heterocycles. The summed E-state index contributed by atoms with van der Waals surface area (Å²) in [7, 11) is 1.80. The van der Waals surface area contributed by atoms with Crippen molar-refractivity contribution in [3.8, 4) is 0 Å². The van der Waals surface area contributed by atoms with Gasteiger partial charge in [0.15, 0.2) is 0 Å². The highest BCUT2D eigenvalue weighted by Gasteiger charge is 2.27. The molecule has 0 aromatic carbocycles. The molecule has 0 amide bonds. The molecule has 0 saturated carbocycles. The van der Waals surface area contributed by atoms with E-state index in [4.69, 9.17) is 15.2 Å². The van der Waals surface area contributed by atoms with Crippen LogP contribution in [0.15, 0.2) is 0 Å². The van der Waals surface area contributed by atoms with Crippen molar-refractivity contribution in [1.82, 2.24) is 4.90 Å². The third-order valence-corrected chi connectivity index (χ3v) is 4.03. The second-order valence-electron chi connectivity index (χ2n) is 5.39. The molecule has 17 heavy (non-hydrogen) atoms. The summed E-state index contributed by atoms with van der Waals surface area (Å²) in [5, 5.41) is 0. The highest BCUT2D eigenvalue weighted by atomic mass is 16.5. The van der Waals surface area contributed by atoms with Gasteiger partial charge in [-0.1, -0.05) is 0 Å². The van der Waals surface area contributed by atoms with Gasteiger partial charge < -0.3 is 20.1 Å². The van der Waals surface area contributed by atoms with Crippen LogP contribution in [0.25, 0.3) is 0 Å². The summed E-state index contributed by atoms with van der Waals surface area (Å²) in [5.41, 5.74) is 5.63. The van der Waals surface area contributed by atoms with Gasteiger partial charge in [0.2, 0.25) is 0 Å². The molecule has 0 radical (unpaired) electrons. The highest BCUT2D eigenvalue weighted by Crippen LogP contribution is 2.22.